The number of carbonyl (C=O) groups excluding carboxylic acids is 2. The highest BCUT2D eigenvalue weighted by molar-refractivity contribution is 7.98. The van der Waals surface area contributed by atoms with Crippen molar-refractivity contribution in [2.24, 2.45) is 0 Å². The van der Waals surface area contributed by atoms with Crippen molar-refractivity contribution in [1.29, 1.82) is 0 Å². The Kier molecular flexibility index (Phi) is 6.87. The third-order valence-electron chi connectivity index (χ3n) is 4.23. The summed E-state index contributed by atoms with van der Waals surface area (Å²) in [6, 6.07) is 26.3. The van der Waals surface area contributed by atoms with E-state index in [0.29, 0.717) is 5.56 Å². The Morgan fingerprint density at radius 1 is 0.857 bits per heavy atom. The Balaban J connectivity index is 1.68. The highest BCUT2D eigenvalue weighted by Crippen LogP contribution is 2.22. The first-order valence-electron chi connectivity index (χ1n) is 8.88. The van der Waals surface area contributed by atoms with E-state index >= 15 is 0 Å². The van der Waals surface area contributed by atoms with Crippen LogP contribution < -0.4 is 5.32 Å². The quantitative estimate of drug-likeness (QED) is 0.477. The van der Waals surface area contributed by atoms with Gasteiger partial charge in [0.2, 0.25) is 0 Å². The molecule has 0 saturated heterocycles. The molecule has 0 aliphatic rings. The Morgan fingerprint density at radius 2 is 1.39 bits per heavy atom. The molecule has 0 aromatic heterocycles. The molecule has 0 bridgehead atoms. The van der Waals surface area contributed by atoms with Gasteiger partial charge in [0, 0.05) is 4.90 Å². The summed E-state index contributed by atoms with van der Waals surface area (Å²) >= 11 is 1.46. The van der Waals surface area contributed by atoms with Crippen LogP contribution in [0.15, 0.2) is 89.8 Å². The van der Waals surface area contributed by atoms with E-state index in [2.05, 4.69) is 5.32 Å². The molecule has 0 heterocycles. The summed E-state index contributed by atoms with van der Waals surface area (Å²) in [5, 5.41) is 2.96. The van der Waals surface area contributed by atoms with Gasteiger partial charge in [-0.3, -0.25) is 4.79 Å². The number of esters is 1. The van der Waals surface area contributed by atoms with Crippen molar-refractivity contribution in [3.8, 4) is 0 Å². The molecule has 1 amide bonds. The molecular formula is C23H21NO3S. The van der Waals surface area contributed by atoms with Gasteiger partial charge in [-0.2, -0.15) is 0 Å². The number of amides is 1. The maximum absolute atomic E-state index is 12.5. The molecule has 28 heavy (non-hydrogen) atoms. The van der Waals surface area contributed by atoms with Crippen molar-refractivity contribution in [2.45, 2.75) is 10.9 Å². The summed E-state index contributed by atoms with van der Waals surface area (Å²) in [7, 11) is 0. The first-order valence-corrected chi connectivity index (χ1v) is 10.1. The zero-order valence-corrected chi connectivity index (χ0v) is 16.3. The van der Waals surface area contributed by atoms with Gasteiger partial charge in [-0.15, -0.1) is 11.8 Å². The van der Waals surface area contributed by atoms with Crippen molar-refractivity contribution in [3.05, 3.63) is 102 Å². The molecule has 142 valence electrons. The van der Waals surface area contributed by atoms with E-state index in [1.807, 2.05) is 79.1 Å². The highest BCUT2D eigenvalue weighted by Gasteiger charge is 2.18. The predicted octanol–water partition coefficient (Wildman–Crippen LogP) is 4.47. The van der Waals surface area contributed by atoms with Crippen LogP contribution in [-0.4, -0.2) is 24.7 Å². The average molecular weight is 391 g/mol. The minimum atomic E-state index is -0.504. The zero-order chi connectivity index (χ0) is 19.8. The third kappa shape index (κ3) is 5.02. The molecule has 1 N–H and O–H groups in total. The second kappa shape index (κ2) is 9.76. The number of nitrogens with one attached hydrogen (secondary N) is 1. The summed E-state index contributed by atoms with van der Waals surface area (Å²) in [4.78, 5) is 25.7. The average Bonchev–Trinajstić information content (AvgIpc) is 2.77. The Hall–Kier alpha value is -3.05. The fourth-order valence-corrected chi connectivity index (χ4v) is 3.46. The Bertz CT molecular complexity index is 889. The van der Waals surface area contributed by atoms with Gasteiger partial charge in [0.25, 0.3) is 5.91 Å². The molecule has 0 unspecified atom stereocenters. The van der Waals surface area contributed by atoms with Gasteiger partial charge >= 0.3 is 5.97 Å². The van der Waals surface area contributed by atoms with E-state index < -0.39 is 5.97 Å². The van der Waals surface area contributed by atoms with Crippen LogP contribution in [0.4, 0.5) is 0 Å². The molecule has 0 aliphatic heterocycles. The standard InChI is InChI=1S/C23H21NO3S/c1-28-20-15-9-8-14-19(20)23(26)27-16-21(25)24-22(17-10-4-2-5-11-17)18-12-6-3-7-13-18/h2-15,22H,16H2,1H3,(H,24,25). The Morgan fingerprint density at radius 3 is 1.96 bits per heavy atom. The number of thioether (sulfide) groups is 1. The van der Waals surface area contributed by atoms with Crippen LogP contribution in [0.25, 0.3) is 0 Å². The second-order valence-electron chi connectivity index (χ2n) is 6.10. The van der Waals surface area contributed by atoms with E-state index in [-0.39, 0.29) is 18.6 Å². The molecule has 0 radical (unpaired) electrons. The molecule has 3 aromatic rings. The number of ether oxygens (including phenoxy) is 1. The van der Waals surface area contributed by atoms with Crippen molar-refractivity contribution in [2.75, 3.05) is 12.9 Å². The van der Waals surface area contributed by atoms with Crippen molar-refractivity contribution in [1.82, 2.24) is 5.32 Å². The number of hydrogen-bond acceptors (Lipinski definition) is 4. The first kappa shape index (κ1) is 19.7. The van der Waals surface area contributed by atoms with Crippen LogP contribution in [0.1, 0.15) is 27.5 Å². The summed E-state index contributed by atoms with van der Waals surface area (Å²) in [6.07, 6.45) is 1.89. The maximum atomic E-state index is 12.5. The number of carbonyl (C=O) groups is 2. The minimum Gasteiger partial charge on any atom is -0.452 e. The number of rotatable bonds is 7. The lowest BCUT2D eigenvalue weighted by atomic mass is 9.99. The minimum absolute atomic E-state index is 0.313. The zero-order valence-electron chi connectivity index (χ0n) is 15.5. The van der Waals surface area contributed by atoms with E-state index in [4.69, 9.17) is 4.74 Å². The summed E-state index contributed by atoms with van der Waals surface area (Å²) < 4.78 is 5.24. The van der Waals surface area contributed by atoms with Gasteiger partial charge in [0.1, 0.15) is 0 Å². The topological polar surface area (TPSA) is 55.4 Å². The van der Waals surface area contributed by atoms with Gasteiger partial charge in [0.15, 0.2) is 6.61 Å². The predicted molar refractivity (Wildman–Crippen MR) is 111 cm³/mol. The van der Waals surface area contributed by atoms with Crippen LogP contribution in [-0.2, 0) is 9.53 Å². The lowest BCUT2D eigenvalue weighted by Crippen LogP contribution is -2.33. The number of benzene rings is 3. The van der Waals surface area contributed by atoms with Crippen LogP contribution in [0, 0.1) is 0 Å². The molecule has 0 atom stereocenters. The molecular weight excluding hydrogens is 370 g/mol. The normalized spacial score (nSPS) is 10.5. The van der Waals surface area contributed by atoms with Gasteiger partial charge in [-0.25, -0.2) is 4.79 Å². The smallest absolute Gasteiger partial charge is 0.339 e. The molecule has 0 fully saturated rings. The van der Waals surface area contributed by atoms with Gasteiger partial charge < -0.3 is 10.1 Å². The lowest BCUT2D eigenvalue weighted by Gasteiger charge is -2.20. The van der Waals surface area contributed by atoms with Crippen LogP contribution in [0.3, 0.4) is 0 Å². The Labute approximate surface area is 168 Å². The fourth-order valence-electron chi connectivity index (χ4n) is 2.87. The van der Waals surface area contributed by atoms with Crippen LogP contribution >= 0.6 is 11.8 Å². The van der Waals surface area contributed by atoms with Gasteiger partial charge in [0.05, 0.1) is 11.6 Å². The van der Waals surface area contributed by atoms with Crippen molar-refractivity contribution >= 4 is 23.6 Å². The molecule has 3 aromatic carbocycles. The van der Waals surface area contributed by atoms with E-state index in [9.17, 15) is 9.59 Å². The monoisotopic (exact) mass is 391 g/mol. The largest absolute Gasteiger partial charge is 0.452 e. The molecule has 5 heteroatoms. The first-order chi connectivity index (χ1) is 13.7. The summed E-state index contributed by atoms with van der Waals surface area (Å²) in [6.45, 7) is -0.336. The van der Waals surface area contributed by atoms with Crippen molar-refractivity contribution < 1.29 is 14.3 Å². The second-order valence-corrected chi connectivity index (χ2v) is 6.95. The lowest BCUT2D eigenvalue weighted by molar-refractivity contribution is -0.124. The molecule has 0 saturated carbocycles. The van der Waals surface area contributed by atoms with Gasteiger partial charge in [-0.1, -0.05) is 72.8 Å². The molecule has 3 rings (SSSR count). The van der Waals surface area contributed by atoms with E-state index in [1.54, 1.807) is 12.1 Å². The van der Waals surface area contributed by atoms with Crippen LogP contribution in [0.5, 0.6) is 0 Å². The highest BCUT2D eigenvalue weighted by atomic mass is 32.2. The molecule has 0 aliphatic carbocycles. The summed E-state index contributed by atoms with van der Waals surface area (Å²) in [5.74, 6) is -0.858. The van der Waals surface area contributed by atoms with Crippen LogP contribution in [0.2, 0.25) is 0 Å². The fraction of sp³-hybridized carbons (Fsp3) is 0.130. The SMILES string of the molecule is CSc1ccccc1C(=O)OCC(=O)NC(c1ccccc1)c1ccccc1. The van der Waals surface area contributed by atoms with E-state index in [0.717, 1.165) is 16.0 Å². The van der Waals surface area contributed by atoms with Crippen molar-refractivity contribution in [3.63, 3.8) is 0 Å². The number of hydrogen-bond donors (Lipinski definition) is 1. The van der Waals surface area contributed by atoms with E-state index in [1.165, 1.54) is 11.8 Å². The van der Waals surface area contributed by atoms with Gasteiger partial charge in [-0.05, 0) is 29.5 Å². The molecule has 0 spiro atoms. The molecule has 4 nitrogen and oxygen atoms in total. The maximum Gasteiger partial charge on any atom is 0.339 e. The third-order valence-corrected chi connectivity index (χ3v) is 5.03. The summed E-state index contributed by atoms with van der Waals surface area (Å²) in [5.41, 5.74) is 2.38.